The molecule has 2 unspecified atom stereocenters. The van der Waals surface area contributed by atoms with Gasteiger partial charge in [-0.15, -0.1) is 0 Å². The predicted octanol–water partition coefficient (Wildman–Crippen LogP) is -0.301. The Morgan fingerprint density at radius 1 is 1.40 bits per heavy atom. The molecule has 0 spiro atoms. The monoisotopic (exact) mass is 281 g/mol. The number of likely N-dealkylation sites (N-methyl/N-ethyl adjacent to an activating group) is 1. The molecule has 6 heteroatoms. The first kappa shape index (κ1) is 16.6. The minimum atomic E-state index is -0.581. The van der Waals surface area contributed by atoms with Crippen molar-refractivity contribution in [3.63, 3.8) is 0 Å². The molecule has 112 valence electrons. The first-order chi connectivity index (χ1) is 9.58. The second kappa shape index (κ2) is 8.65. The van der Waals surface area contributed by atoms with Crippen molar-refractivity contribution < 1.29 is 14.6 Å². The van der Waals surface area contributed by atoms with Crippen LogP contribution in [0.1, 0.15) is 11.5 Å². The number of nitrogens with one attached hydrogen (secondary N) is 1. The van der Waals surface area contributed by atoms with Crippen molar-refractivity contribution in [2.24, 2.45) is 5.84 Å². The van der Waals surface area contributed by atoms with Gasteiger partial charge >= 0.3 is 0 Å². The SMILES string of the molecule is COCC(O)CN(C)CC(C(=O)NN)c1ccccc1. The molecular formula is C14H23N3O3. The van der Waals surface area contributed by atoms with Gasteiger partial charge in [0.05, 0.1) is 18.6 Å². The summed E-state index contributed by atoms with van der Waals surface area (Å²) in [6.45, 7) is 1.16. The molecular weight excluding hydrogens is 258 g/mol. The first-order valence-corrected chi connectivity index (χ1v) is 6.49. The third kappa shape index (κ3) is 5.26. The minimum Gasteiger partial charge on any atom is -0.389 e. The highest BCUT2D eigenvalue weighted by atomic mass is 16.5. The first-order valence-electron chi connectivity index (χ1n) is 6.49. The van der Waals surface area contributed by atoms with Gasteiger partial charge in [-0.3, -0.25) is 10.2 Å². The van der Waals surface area contributed by atoms with Crippen LogP contribution in [-0.4, -0.2) is 55.9 Å². The van der Waals surface area contributed by atoms with E-state index in [9.17, 15) is 9.90 Å². The average Bonchev–Trinajstić information content (AvgIpc) is 2.45. The van der Waals surface area contributed by atoms with Crippen LogP contribution in [0.4, 0.5) is 0 Å². The molecule has 2 atom stereocenters. The number of nitrogens with zero attached hydrogens (tertiary/aromatic N) is 1. The summed E-state index contributed by atoms with van der Waals surface area (Å²) in [5, 5.41) is 9.71. The molecule has 1 aromatic carbocycles. The Balaban J connectivity index is 2.68. The molecule has 0 saturated carbocycles. The van der Waals surface area contributed by atoms with E-state index in [-0.39, 0.29) is 18.4 Å². The minimum absolute atomic E-state index is 0.246. The molecule has 0 radical (unpaired) electrons. The van der Waals surface area contributed by atoms with Gasteiger partial charge in [0.25, 0.3) is 0 Å². The summed E-state index contributed by atoms with van der Waals surface area (Å²) in [5.74, 6) is 4.63. The molecule has 0 bridgehead atoms. The summed E-state index contributed by atoms with van der Waals surface area (Å²) in [6, 6.07) is 9.43. The molecule has 4 N–H and O–H groups in total. The quantitative estimate of drug-likeness (QED) is 0.346. The highest BCUT2D eigenvalue weighted by molar-refractivity contribution is 5.83. The lowest BCUT2D eigenvalue weighted by Crippen LogP contribution is -2.41. The number of rotatable bonds is 8. The maximum absolute atomic E-state index is 11.9. The molecule has 1 amide bonds. The molecule has 0 aliphatic rings. The van der Waals surface area contributed by atoms with Crippen LogP contribution in [0.3, 0.4) is 0 Å². The number of benzene rings is 1. The van der Waals surface area contributed by atoms with E-state index in [0.717, 1.165) is 5.56 Å². The van der Waals surface area contributed by atoms with Gasteiger partial charge in [-0.05, 0) is 12.6 Å². The molecule has 0 aliphatic heterocycles. The largest absolute Gasteiger partial charge is 0.389 e. The fourth-order valence-electron chi connectivity index (χ4n) is 2.12. The molecule has 0 aliphatic carbocycles. The van der Waals surface area contributed by atoms with Crippen molar-refractivity contribution in [1.82, 2.24) is 10.3 Å². The number of aliphatic hydroxyl groups is 1. The Kier molecular flexibility index (Phi) is 7.17. The van der Waals surface area contributed by atoms with Crippen LogP contribution in [0.2, 0.25) is 0 Å². The van der Waals surface area contributed by atoms with Crippen molar-refractivity contribution in [2.45, 2.75) is 12.0 Å². The number of methoxy groups -OCH3 is 1. The van der Waals surface area contributed by atoms with Crippen molar-refractivity contribution in [3.05, 3.63) is 35.9 Å². The van der Waals surface area contributed by atoms with Gasteiger partial charge in [0, 0.05) is 20.2 Å². The van der Waals surface area contributed by atoms with Crippen LogP contribution in [0.25, 0.3) is 0 Å². The summed E-state index contributed by atoms with van der Waals surface area (Å²) in [5.41, 5.74) is 3.09. The zero-order valence-electron chi connectivity index (χ0n) is 12.0. The smallest absolute Gasteiger partial charge is 0.242 e. The Labute approximate surface area is 119 Å². The van der Waals surface area contributed by atoms with Crippen molar-refractivity contribution >= 4 is 5.91 Å². The van der Waals surface area contributed by atoms with E-state index in [1.165, 1.54) is 7.11 Å². The van der Waals surface area contributed by atoms with Gasteiger partial charge in [0.2, 0.25) is 5.91 Å². The van der Waals surface area contributed by atoms with E-state index >= 15 is 0 Å². The van der Waals surface area contributed by atoms with Gasteiger partial charge in [-0.2, -0.15) is 0 Å². The number of hydrazine groups is 1. The number of aliphatic hydroxyl groups excluding tert-OH is 1. The number of hydrogen-bond acceptors (Lipinski definition) is 5. The van der Waals surface area contributed by atoms with Crippen molar-refractivity contribution in [3.8, 4) is 0 Å². The van der Waals surface area contributed by atoms with E-state index in [0.29, 0.717) is 13.1 Å². The zero-order chi connectivity index (χ0) is 15.0. The number of carbonyl (C=O) groups excluding carboxylic acids is 1. The molecule has 0 aromatic heterocycles. The van der Waals surface area contributed by atoms with E-state index in [1.54, 1.807) is 0 Å². The molecule has 0 fully saturated rings. The number of amides is 1. The molecule has 1 rings (SSSR count). The van der Waals surface area contributed by atoms with Crippen LogP contribution in [0, 0.1) is 0 Å². The normalized spacial score (nSPS) is 14.1. The maximum atomic E-state index is 11.9. The second-order valence-electron chi connectivity index (χ2n) is 4.80. The Hall–Kier alpha value is -1.47. The van der Waals surface area contributed by atoms with Gasteiger partial charge in [-0.1, -0.05) is 30.3 Å². The van der Waals surface area contributed by atoms with Crippen LogP contribution in [-0.2, 0) is 9.53 Å². The molecule has 0 saturated heterocycles. The zero-order valence-corrected chi connectivity index (χ0v) is 12.0. The summed E-state index contributed by atoms with van der Waals surface area (Å²) < 4.78 is 4.89. The number of ether oxygens (including phenoxy) is 1. The fourth-order valence-corrected chi connectivity index (χ4v) is 2.12. The summed E-state index contributed by atoms with van der Waals surface area (Å²) in [6.07, 6.45) is -0.581. The van der Waals surface area contributed by atoms with E-state index < -0.39 is 6.10 Å². The summed E-state index contributed by atoms with van der Waals surface area (Å²) >= 11 is 0. The Bertz CT molecular complexity index is 400. The Morgan fingerprint density at radius 3 is 2.60 bits per heavy atom. The standard InChI is InChI=1S/C14H23N3O3/c1-17(8-12(18)10-20-2)9-13(14(19)16-15)11-6-4-3-5-7-11/h3-7,12-13,18H,8-10,15H2,1-2H3,(H,16,19). The predicted molar refractivity (Wildman–Crippen MR) is 76.9 cm³/mol. The van der Waals surface area contributed by atoms with Gasteiger partial charge in [0.15, 0.2) is 0 Å². The third-order valence-corrected chi connectivity index (χ3v) is 3.04. The topological polar surface area (TPSA) is 87.8 Å². The van der Waals surface area contributed by atoms with E-state index in [1.807, 2.05) is 42.3 Å². The number of nitrogens with two attached hydrogens (primary N) is 1. The van der Waals surface area contributed by atoms with Crippen LogP contribution in [0.5, 0.6) is 0 Å². The lowest BCUT2D eigenvalue weighted by molar-refractivity contribution is -0.123. The van der Waals surface area contributed by atoms with E-state index in [4.69, 9.17) is 10.6 Å². The number of hydrogen-bond donors (Lipinski definition) is 3. The molecule has 0 heterocycles. The summed E-state index contributed by atoms with van der Waals surface area (Å²) in [4.78, 5) is 13.8. The van der Waals surface area contributed by atoms with Gasteiger partial charge in [-0.25, -0.2) is 5.84 Å². The Morgan fingerprint density at radius 2 is 2.05 bits per heavy atom. The van der Waals surface area contributed by atoms with Crippen LogP contribution < -0.4 is 11.3 Å². The fraction of sp³-hybridized carbons (Fsp3) is 0.500. The van der Waals surface area contributed by atoms with Crippen LogP contribution in [0.15, 0.2) is 30.3 Å². The highest BCUT2D eigenvalue weighted by Crippen LogP contribution is 2.16. The lowest BCUT2D eigenvalue weighted by atomic mass is 9.98. The van der Waals surface area contributed by atoms with E-state index in [2.05, 4.69) is 5.43 Å². The van der Waals surface area contributed by atoms with Crippen molar-refractivity contribution in [2.75, 3.05) is 33.9 Å². The molecule has 6 nitrogen and oxygen atoms in total. The number of carbonyl (C=O) groups is 1. The average molecular weight is 281 g/mol. The lowest BCUT2D eigenvalue weighted by Gasteiger charge is -2.25. The van der Waals surface area contributed by atoms with Gasteiger partial charge in [0.1, 0.15) is 0 Å². The second-order valence-corrected chi connectivity index (χ2v) is 4.80. The molecule has 1 aromatic rings. The third-order valence-electron chi connectivity index (χ3n) is 3.04. The summed E-state index contributed by atoms with van der Waals surface area (Å²) in [7, 11) is 3.39. The van der Waals surface area contributed by atoms with Gasteiger partial charge < -0.3 is 14.7 Å². The molecule has 20 heavy (non-hydrogen) atoms. The van der Waals surface area contributed by atoms with Crippen LogP contribution >= 0.6 is 0 Å². The highest BCUT2D eigenvalue weighted by Gasteiger charge is 2.22. The maximum Gasteiger partial charge on any atom is 0.242 e. The van der Waals surface area contributed by atoms with Crippen molar-refractivity contribution in [1.29, 1.82) is 0 Å².